The van der Waals surface area contributed by atoms with E-state index in [0.717, 1.165) is 6.07 Å². The number of likely N-dealkylation sites (tertiary alicyclic amines) is 1. The maximum atomic E-state index is 15.2. The van der Waals surface area contributed by atoms with Crippen molar-refractivity contribution in [3.8, 4) is 11.5 Å². The summed E-state index contributed by atoms with van der Waals surface area (Å²) in [6, 6.07) is 12.3. The van der Waals surface area contributed by atoms with E-state index in [1.54, 1.807) is 12.1 Å². The van der Waals surface area contributed by atoms with Gasteiger partial charge in [-0.05, 0) is 55.0 Å². The van der Waals surface area contributed by atoms with Crippen molar-refractivity contribution in [1.29, 1.82) is 0 Å². The van der Waals surface area contributed by atoms with Crippen molar-refractivity contribution in [2.24, 2.45) is 0 Å². The molecular weight excluding hydrogens is 513 g/mol. The van der Waals surface area contributed by atoms with Crippen LogP contribution < -0.4 is 14.8 Å². The van der Waals surface area contributed by atoms with E-state index in [2.05, 4.69) is 5.32 Å². The van der Waals surface area contributed by atoms with Crippen LogP contribution in [0.25, 0.3) is 0 Å². The number of halogens is 4. The first-order valence-electron chi connectivity index (χ1n) is 11.2. The Morgan fingerprint density at radius 1 is 1.03 bits per heavy atom. The molecule has 0 aliphatic carbocycles. The van der Waals surface area contributed by atoms with Crippen molar-refractivity contribution < 1.29 is 27.8 Å². The predicted molar refractivity (Wildman–Crippen MR) is 129 cm³/mol. The Morgan fingerprint density at radius 2 is 1.72 bits per heavy atom. The molecule has 0 aromatic heterocycles. The molecule has 0 saturated carbocycles. The number of carbonyl (C=O) groups excluding carboxylic acids is 2. The van der Waals surface area contributed by atoms with Crippen molar-refractivity contribution >= 4 is 35.0 Å². The molecule has 1 saturated heterocycles. The minimum absolute atomic E-state index is 0.0527. The molecule has 0 spiro atoms. The summed E-state index contributed by atoms with van der Waals surface area (Å²) in [6.45, 7) is 2.05. The monoisotopic (exact) mass is 532 g/mol. The number of nitrogens with zero attached hydrogens (tertiary/aromatic N) is 1. The lowest BCUT2D eigenvalue weighted by Crippen LogP contribution is -2.37. The lowest BCUT2D eigenvalue weighted by molar-refractivity contribution is -0.119. The van der Waals surface area contributed by atoms with E-state index in [4.69, 9.17) is 32.7 Å². The Labute approximate surface area is 215 Å². The van der Waals surface area contributed by atoms with Gasteiger partial charge >= 0.3 is 5.79 Å². The van der Waals surface area contributed by atoms with Crippen molar-refractivity contribution in [2.75, 3.05) is 13.1 Å². The fraction of sp³-hybridized carbons (Fsp3) is 0.231. The van der Waals surface area contributed by atoms with Gasteiger partial charge < -0.3 is 19.7 Å². The summed E-state index contributed by atoms with van der Waals surface area (Å²) in [6.07, 6.45) is 0.570. The highest BCUT2D eigenvalue weighted by Crippen LogP contribution is 2.50. The van der Waals surface area contributed by atoms with E-state index in [0.29, 0.717) is 29.1 Å². The Hall–Kier alpha value is -3.36. The average molecular weight is 533 g/mol. The quantitative estimate of drug-likeness (QED) is 0.495. The number of amides is 2. The summed E-state index contributed by atoms with van der Waals surface area (Å²) in [4.78, 5) is 25.9. The molecule has 3 aromatic rings. The van der Waals surface area contributed by atoms with Crippen molar-refractivity contribution in [3.63, 3.8) is 0 Å². The van der Waals surface area contributed by atoms with Crippen LogP contribution in [0.15, 0.2) is 54.6 Å². The van der Waals surface area contributed by atoms with E-state index in [-0.39, 0.29) is 40.6 Å². The maximum Gasteiger partial charge on any atom is 0.307 e. The van der Waals surface area contributed by atoms with Crippen LogP contribution in [0.4, 0.5) is 8.78 Å². The molecule has 5 rings (SSSR count). The van der Waals surface area contributed by atoms with Crippen LogP contribution in [0.2, 0.25) is 10.0 Å². The topological polar surface area (TPSA) is 67.9 Å². The normalized spacial score (nSPS) is 20.5. The first kappa shape index (κ1) is 24.3. The summed E-state index contributed by atoms with van der Waals surface area (Å²) in [7, 11) is 0. The van der Waals surface area contributed by atoms with E-state index in [1.807, 2.05) is 0 Å². The van der Waals surface area contributed by atoms with E-state index in [9.17, 15) is 14.0 Å². The molecule has 0 bridgehead atoms. The molecule has 2 aliphatic rings. The van der Waals surface area contributed by atoms with Crippen LogP contribution >= 0.6 is 23.2 Å². The number of hydrogen-bond donors (Lipinski definition) is 1. The second-order valence-corrected chi connectivity index (χ2v) is 9.51. The summed E-state index contributed by atoms with van der Waals surface area (Å²) in [5.41, 5.74) is 0.565. The van der Waals surface area contributed by atoms with Crippen LogP contribution in [0, 0.1) is 11.6 Å². The fourth-order valence-corrected chi connectivity index (χ4v) is 5.05. The van der Waals surface area contributed by atoms with Crippen LogP contribution in [-0.2, 0) is 10.6 Å². The zero-order chi connectivity index (χ0) is 25.6. The standard InChI is InChI=1S/C26H20Cl2F2N2O4/c1-14(33)31-18-8-9-32(13-18)25(34)19-11-23-24(12-22(19)30)36-26(35-23,15-2-5-17(29)6-3-15)20-7-4-16(27)10-21(20)28/h2-7,10-12,18H,8-9,13H2,1H3,(H,31,33). The number of rotatable bonds is 4. The van der Waals surface area contributed by atoms with Crippen LogP contribution in [-0.4, -0.2) is 35.8 Å². The van der Waals surface area contributed by atoms with E-state index >= 15 is 4.39 Å². The molecule has 3 aromatic carbocycles. The summed E-state index contributed by atoms with van der Waals surface area (Å²) in [5, 5.41) is 3.38. The Balaban J connectivity index is 1.52. The van der Waals surface area contributed by atoms with Crippen LogP contribution in [0.3, 0.4) is 0 Å². The van der Waals surface area contributed by atoms with E-state index < -0.39 is 23.3 Å². The lowest BCUT2D eigenvalue weighted by atomic mass is 9.97. The first-order chi connectivity index (χ1) is 17.2. The molecule has 10 heteroatoms. The zero-order valence-electron chi connectivity index (χ0n) is 19.0. The third-order valence-electron chi connectivity index (χ3n) is 6.16. The molecule has 1 N–H and O–H groups in total. The van der Waals surface area contributed by atoms with Gasteiger partial charge in [-0.15, -0.1) is 0 Å². The number of ether oxygens (including phenoxy) is 2. The van der Waals surface area contributed by atoms with Gasteiger partial charge in [0.15, 0.2) is 11.5 Å². The molecule has 6 nitrogen and oxygen atoms in total. The molecule has 2 unspecified atom stereocenters. The maximum absolute atomic E-state index is 15.2. The third-order valence-corrected chi connectivity index (χ3v) is 6.71. The lowest BCUT2D eigenvalue weighted by Gasteiger charge is -2.29. The third kappa shape index (κ3) is 4.35. The summed E-state index contributed by atoms with van der Waals surface area (Å²) in [5.74, 6) is -3.48. The average Bonchev–Trinajstić information content (AvgIpc) is 3.43. The second-order valence-electron chi connectivity index (χ2n) is 8.67. The minimum Gasteiger partial charge on any atom is -0.440 e. The van der Waals surface area contributed by atoms with Crippen molar-refractivity contribution in [2.45, 2.75) is 25.2 Å². The number of hydrogen-bond acceptors (Lipinski definition) is 4. The highest BCUT2D eigenvalue weighted by atomic mass is 35.5. The molecule has 1 fully saturated rings. The Bertz CT molecular complexity index is 1370. The molecule has 36 heavy (non-hydrogen) atoms. The zero-order valence-corrected chi connectivity index (χ0v) is 20.5. The molecular formula is C26H20Cl2F2N2O4. The van der Waals surface area contributed by atoms with Gasteiger partial charge in [-0.25, -0.2) is 8.78 Å². The van der Waals surface area contributed by atoms with Crippen LogP contribution in [0.1, 0.15) is 34.8 Å². The fourth-order valence-electron chi connectivity index (χ4n) is 4.52. The Morgan fingerprint density at radius 3 is 2.39 bits per heavy atom. The number of fused-ring (bicyclic) bond motifs is 1. The molecule has 2 aliphatic heterocycles. The highest BCUT2D eigenvalue weighted by Gasteiger charge is 2.47. The molecule has 186 valence electrons. The van der Waals surface area contributed by atoms with Crippen molar-refractivity contribution in [1.82, 2.24) is 10.2 Å². The summed E-state index contributed by atoms with van der Waals surface area (Å²) >= 11 is 12.6. The molecule has 2 amide bonds. The second kappa shape index (κ2) is 9.26. The Kier molecular flexibility index (Phi) is 6.26. The molecule has 0 radical (unpaired) electrons. The smallest absolute Gasteiger partial charge is 0.307 e. The molecule has 2 heterocycles. The van der Waals surface area contributed by atoms with Crippen molar-refractivity contribution in [3.05, 3.63) is 93.0 Å². The van der Waals surface area contributed by atoms with Gasteiger partial charge in [0.2, 0.25) is 5.91 Å². The van der Waals surface area contributed by atoms with Gasteiger partial charge in [0.1, 0.15) is 11.6 Å². The number of nitrogens with one attached hydrogen (secondary N) is 1. The minimum atomic E-state index is -1.67. The van der Waals surface area contributed by atoms with Crippen LogP contribution in [0.5, 0.6) is 11.5 Å². The van der Waals surface area contributed by atoms with Gasteiger partial charge in [0, 0.05) is 42.7 Å². The van der Waals surface area contributed by atoms with Gasteiger partial charge in [0.05, 0.1) is 16.1 Å². The first-order valence-corrected chi connectivity index (χ1v) is 11.9. The van der Waals surface area contributed by atoms with Gasteiger partial charge in [0.25, 0.3) is 5.91 Å². The highest BCUT2D eigenvalue weighted by molar-refractivity contribution is 6.35. The van der Waals surface area contributed by atoms with Gasteiger partial charge in [-0.3, -0.25) is 9.59 Å². The number of benzene rings is 3. The van der Waals surface area contributed by atoms with E-state index in [1.165, 1.54) is 48.2 Å². The largest absolute Gasteiger partial charge is 0.440 e. The van der Waals surface area contributed by atoms with Gasteiger partial charge in [-0.2, -0.15) is 0 Å². The van der Waals surface area contributed by atoms with Gasteiger partial charge in [-0.1, -0.05) is 23.2 Å². The summed E-state index contributed by atoms with van der Waals surface area (Å²) < 4.78 is 41.2. The molecule has 2 atom stereocenters. The SMILES string of the molecule is CC(=O)NC1CCN(C(=O)c2cc3c(cc2F)OC(c2ccc(F)cc2)(c2ccc(Cl)cc2Cl)O3)C1. The predicted octanol–water partition coefficient (Wildman–Crippen LogP) is 5.29. The number of carbonyl (C=O) groups is 2.